The molecule has 0 aliphatic carbocycles. The van der Waals surface area contributed by atoms with Gasteiger partial charge in [0.2, 0.25) is 0 Å². The van der Waals surface area contributed by atoms with Crippen molar-refractivity contribution in [3.05, 3.63) is 34.6 Å². The van der Waals surface area contributed by atoms with Gasteiger partial charge in [-0.3, -0.25) is 4.79 Å². The number of halogens is 2. The van der Waals surface area contributed by atoms with Crippen molar-refractivity contribution in [2.24, 2.45) is 0 Å². The molecule has 1 aromatic carbocycles. The Hall–Kier alpha value is -1.17. The Bertz CT molecular complexity index is 423. The molecule has 0 radical (unpaired) electrons. The Morgan fingerprint density at radius 3 is 2.76 bits per heavy atom. The third-order valence-electron chi connectivity index (χ3n) is 2.15. The molecule has 4 nitrogen and oxygen atoms in total. The number of aliphatic hydroxyl groups excluding tert-OH is 1. The number of hydrogen-bond acceptors (Lipinski definition) is 3. The van der Waals surface area contributed by atoms with Crippen molar-refractivity contribution >= 4 is 17.5 Å². The molecule has 0 fully saturated rings. The van der Waals surface area contributed by atoms with Crippen LogP contribution in [0.2, 0.25) is 5.02 Å². The monoisotopic (exact) mass is 261 g/mol. The van der Waals surface area contributed by atoms with Crippen LogP contribution in [-0.4, -0.2) is 34.9 Å². The van der Waals surface area contributed by atoms with E-state index in [1.54, 1.807) is 0 Å². The molecule has 6 heteroatoms. The van der Waals surface area contributed by atoms with Crippen LogP contribution in [0.1, 0.15) is 17.3 Å². The summed E-state index contributed by atoms with van der Waals surface area (Å²) in [6.45, 7) is 0.673. The maximum Gasteiger partial charge on any atom is 0.254 e. The van der Waals surface area contributed by atoms with E-state index < -0.39 is 23.9 Å². The van der Waals surface area contributed by atoms with E-state index >= 15 is 0 Å². The summed E-state index contributed by atoms with van der Waals surface area (Å²) in [6, 6.07) is 3.67. The number of carbonyl (C=O) groups is 1. The van der Waals surface area contributed by atoms with Crippen LogP contribution in [0.15, 0.2) is 18.2 Å². The van der Waals surface area contributed by atoms with Gasteiger partial charge in [-0.15, -0.1) is 0 Å². The van der Waals surface area contributed by atoms with Crippen LogP contribution < -0.4 is 5.32 Å². The number of aliphatic hydroxyl groups is 2. The van der Waals surface area contributed by atoms with Crippen LogP contribution in [-0.2, 0) is 0 Å². The Kier molecular flexibility index (Phi) is 4.45. The number of rotatable bonds is 4. The highest BCUT2D eigenvalue weighted by molar-refractivity contribution is 6.30. The van der Waals surface area contributed by atoms with Crippen molar-refractivity contribution in [1.82, 2.24) is 5.32 Å². The minimum atomic E-state index is -1.43. The summed E-state index contributed by atoms with van der Waals surface area (Å²) >= 11 is 5.55. The lowest BCUT2D eigenvalue weighted by atomic mass is 10.1. The largest absolute Gasteiger partial charge is 0.393 e. The first kappa shape index (κ1) is 13.9. The van der Waals surface area contributed by atoms with Crippen LogP contribution in [0.25, 0.3) is 0 Å². The van der Waals surface area contributed by atoms with Crippen molar-refractivity contribution in [2.45, 2.75) is 12.5 Å². The van der Waals surface area contributed by atoms with Crippen LogP contribution in [0.3, 0.4) is 0 Å². The Morgan fingerprint density at radius 1 is 1.59 bits per heavy atom. The average Bonchev–Trinajstić information content (AvgIpc) is 2.26. The van der Waals surface area contributed by atoms with Crippen molar-refractivity contribution in [2.75, 3.05) is 13.2 Å². The van der Waals surface area contributed by atoms with Crippen LogP contribution >= 0.6 is 11.6 Å². The minimum absolute atomic E-state index is 0.164. The zero-order chi connectivity index (χ0) is 13.1. The lowest BCUT2D eigenvalue weighted by Crippen LogP contribution is -2.43. The first-order valence-corrected chi connectivity index (χ1v) is 5.30. The SMILES string of the molecule is CC(O)(CO)CNC(=O)c1ccc(Cl)cc1F. The highest BCUT2D eigenvalue weighted by Crippen LogP contribution is 2.14. The van der Waals surface area contributed by atoms with Gasteiger partial charge >= 0.3 is 0 Å². The predicted molar refractivity (Wildman–Crippen MR) is 61.5 cm³/mol. The van der Waals surface area contributed by atoms with Gasteiger partial charge in [-0.2, -0.15) is 0 Å². The maximum atomic E-state index is 13.3. The van der Waals surface area contributed by atoms with Crippen LogP contribution in [0.4, 0.5) is 4.39 Å². The second-order valence-electron chi connectivity index (χ2n) is 3.96. The molecule has 1 rings (SSSR count). The normalized spacial score (nSPS) is 14.2. The molecule has 94 valence electrons. The van der Waals surface area contributed by atoms with Crippen LogP contribution in [0, 0.1) is 5.82 Å². The van der Waals surface area contributed by atoms with Crippen molar-refractivity contribution in [1.29, 1.82) is 0 Å². The Morgan fingerprint density at radius 2 is 2.24 bits per heavy atom. The number of nitrogens with one attached hydrogen (secondary N) is 1. The molecule has 0 saturated carbocycles. The van der Waals surface area contributed by atoms with E-state index in [0.717, 1.165) is 6.07 Å². The molecule has 0 bridgehead atoms. The van der Waals surface area contributed by atoms with E-state index in [2.05, 4.69) is 5.32 Å². The number of benzene rings is 1. The molecule has 0 spiro atoms. The lowest BCUT2D eigenvalue weighted by Gasteiger charge is -2.20. The van der Waals surface area contributed by atoms with Crippen molar-refractivity contribution in [3.63, 3.8) is 0 Å². The van der Waals surface area contributed by atoms with Gasteiger partial charge in [0.25, 0.3) is 5.91 Å². The zero-order valence-corrected chi connectivity index (χ0v) is 9.96. The summed E-state index contributed by atoms with van der Waals surface area (Å²) in [7, 11) is 0. The van der Waals surface area contributed by atoms with E-state index in [4.69, 9.17) is 16.7 Å². The van der Waals surface area contributed by atoms with E-state index in [1.807, 2.05) is 0 Å². The highest BCUT2D eigenvalue weighted by Gasteiger charge is 2.21. The summed E-state index contributed by atoms with van der Waals surface area (Å²) < 4.78 is 13.3. The lowest BCUT2D eigenvalue weighted by molar-refractivity contribution is 0.00317. The summed E-state index contributed by atoms with van der Waals surface area (Å²) in [4.78, 5) is 11.6. The predicted octanol–water partition coefficient (Wildman–Crippen LogP) is 0.952. The van der Waals surface area contributed by atoms with Crippen molar-refractivity contribution in [3.8, 4) is 0 Å². The molecule has 1 unspecified atom stereocenters. The molecule has 0 aliphatic rings. The molecule has 1 amide bonds. The standard InChI is InChI=1S/C11H13ClFNO3/c1-11(17,6-15)5-14-10(16)8-3-2-7(12)4-9(8)13/h2-4,15,17H,5-6H2,1H3,(H,14,16). The van der Waals surface area contributed by atoms with E-state index in [-0.39, 0.29) is 17.1 Å². The molecule has 0 heterocycles. The van der Waals surface area contributed by atoms with Gasteiger partial charge < -0.3 is 15.5 Å². The third kappa shape index (κ3) is 3.96. The van der Waals surface area contributed by atoms with E-state index in [9.17, 15) is 14.3 Å². The molecular weight excluding hydrogens is 249 g/mol. The fourth-order valence-electron chi connectivity index (χ4n) is 1.10. The van der Waals surface area contributed by atoms with Gasteiger partial charge in [0, 0.05) is 11.6 Å². The molecule has 0 aromatic heterocycles. The maximum absolute atomic E-state index is 13.3. The summed E-state index contributed by atoms with van der Waals surface area (Å²) in [6.07, 6.45) is 0. The number of carbonyl (C=O) groups excluding carboxylic acids is 1. The van der Waals surface area contributed by atoms with E-state index in [0.29, 0.717) is 0 Å². The topological polar surface area (TPSA) is 69.6 Å². The number of hydrogen-bond donors (Lipinski definition) is 3. The zero-order valence-electron chi connectivity index (χ0n) is 9.20. The molecule has 3 N–H and O–H groups in total. The molecule has 17 heavy (non-hydrogen) atoms. The number of amides is 1. The molecule has 0 aliphatic heterocycles. The van der Waals surface area contributed by atoms with Gasteiger partial charge in [-0.1, -0.05) is 11.6 Å². The van der Waals surface area contributed by atoms with Gasteiger partial charge in [-0.25, -0.2) is 4.39 Å². The fraction of sp³-hybridized carbons (Fsp3) is 0.364. The first-order valence-electron chi connectivity index (χ1n) is 4.92. The molecule has 1 aromatic rings. The summed E-state index contributed by atoms with van der Waals surface area (Å²) in [5, 5.41) is 20.7. The van der Waals surface area contributed by atoms with Crippen LogP contribution in [0.5, 0.6) is 0 Å². The Balaban J connectivity index is 2.71. The molecule has 1 atom stereocenters. The van der Waals surface area contributed by atoms with Gasteiger partial charge in [0.1, 0.15) is 11.4 Å². The van der Waals surface area contributed by atoms with Gasteiger partial charge in [0.15, 0.2) is 0 Å². The summed E-state index contributed by atoms with van der Waals surface area (Å²) in [5.41, 5.74) is -1.60. The first-order chi connectivity index (χ1) is 7.85. The average molecular weight is 262 g/mol. The fourth-order valence-corrected chi connectivity index (χ4v) is 1.25. The van der Waals surface area contributed by atoms with Crippen molar-refractivity contribution < 1.29 is 19.4 Å². The highest BCUT2D eigenvalue weighted by atomic mass is 35.5. The quantitative estimate of drug-likeness (QED) is 0.756. The van der Waals surface area contributed by atoms with Gasteiger partial charge in [-0.05, 0) is 25.1 Å². The second kappa shape index (κ2) is 5.44. The van der Waals surface area contributed by atoms with E-state index in [1.165, 1.54) is 19.1 Å². The molecular formula is C11H13ClFNO3. The Labute approximate surface area is 103 Å². The summed E-state index contributed by atoms with van der Waals surface area (Å²) in [5.74, 6) is -1.41. The van der Waals surface area contributed by atoms with Gasteiger partial charge in [0.05, 0.1) is 12.2 Å². The molecule has 0 saturated heterocycles. The third-order valence-corrected chi connectivity index (χ3v) is 2.38. The smallest absolute Gasteiger partial charge is 0.254 e. The second-order valence-corrected chi connectivity index (χ2v) is 4.40. The minimum Gasteiger partial charge on any atom is -0.393 e.